The number of anilines is 1. The Hall–Kier alpha value is -3.88. The number of imide groups is 1. The number of nitrogens with zero attached hydrogens (tertiary/aromatic N) is 2. The quantitative estimate of drug-likeness (QED) is 0.371. The Morgan fingerprint density at radius 2 is 1.63 bits per heavy atom. The molecule has 2 amide bonds. The molecule has 4 aliphatic rings. The molecule has 2 aliphatic heterocycles. The highest BCUT2D eigenvalue weighted by molar-refractivity contribution is 6.23. The third kappa shape index (κ3) is 3.07. The lowest BCUT2D eigenvalue weighted by Gasteiger charge is -2.30. The fourth-order valence-electron chi connectivity index (χ4n) is 6.44. The second-order valence-electron chi connectivity index (χ2n) is 9.35. The van der Waals surface area contributed by atoms with Crippen molar-refractivity contribution in [3.8, 4) is 17.2 Å². The van der Waals surface area contributed by atoms with E-state index < -0.39 is 17.8 Å². The molecule has 0 spiro atoms. The predicted octanol–water partition coefficient (Wildman–Crippen LogP) is 2.80. The van der Waals surface area contributed by atoms with E-state index in [2.05, 4.69) is 5.16 Å². The number of rotatable bonds is 5. The Balaban J connectivity index is 1.30. The molecule has 9 nitrogen and oxygen atoms in total. The molecule has 180 valence electrons. The van der Waals surface area contributed by atoms with Crippen molar-refractivity contribution in [2.45, 2.75) is 19.4 Å². The van der Waals surface area contributed by atoms with E-state index in [1.807, 2.05) is 12.1 Å². The van der Waals surface area contributed by atoms with Gasteiger partial charge in [-0.3, -0.25) is 19.3 Å². The standard InChI is InChI=1S/C26H24N2O7/c1-12(29)34-14-6-4-13(5-7-14)28-25(30)20-17-11-18(21(20)26(28)31)24-22(17)23(27-35-24)16-9-8-15(32-2)10-19(16)33-3/h4-10,17-18,20-22,24H,11H2,1-3H3/t17-,18+,20-,21-,22-,24-/m1/s1. The van der Waals surface area contributed by atoms with E-state index in [1.165, 1.54) is 11.8 Å². The number of hydrogen-bond donors (Lipinski definition) is 0. The molecule has 2 saturated carbocycles. The number of carbonyl (C=O) groups is 3. The van der Waals surface area contributed by atoms with Crippen LogP contribution in [0, 0.1) is 29.6 Å². The van der Waals surface area contributed by atoms with Gasteiger partial charge in [0.15, 0.2) is 0 Å². The number of methoxy groups -OCH3 is 2. The number of benzene rings is 2. The molecule has 2 aromatic carbocycles. The maximum Gasteiger partial charge on any atom is 0.308 e. The Morgan fingerprint density at radius 1 is 0.943 bits per heavy atom. The van der Waals surface area contributed by atoms with E-state index in [1.54, 1.807) is 44.6 Å². The zero-order valence-electron chi connectivity index (χ0n) is 19.5. The first kappa shape index (κ1) is 21.6. The van der Waals surface area contributed by atoms with Crippen LogP contribution in [0.1, 0.15) is 18.9 Å². The number of fused-ring (bicyclic) bond motifs is 8. The SMILES string of the molecule is COc1ccc(C2=NO[C@@H]3[C@H]4C[C@H]([C@H]5C(=O)N(c6ccc(OC(C)=O)cc6)C(=O)[C@H]45)[C@H]23)c(OC)c1. The van der Waals surface area contributed by atoms with Crippen LogP contribution in [0.3, 0.4) is 0 Å². The van der Waals surface area contributed by atoms with Gasteiger partial charge in [0.2, 0.25) is 11.8 Å². The molecule has 9 heteroatoms. The molecule has 0 N–H and O–H groups in total. The number of ether oxygens (including phenoxy) is 3. The highest BCUT2D eigenvalue weighted by atomic mass is 16.6. The predicted molar refractivity (Wildman–Crippen MR) is 123 cm³/mol. The van der Waals surface area contributed by atoms with Gasteiger partial charge in [0, 0.05) is 30.4 Å². The summed E-state index contributed by atoms with van der Waals surface area (Å²) >= 11 is 0. The highest BCUT2D eigenvalue weighted by Gasteiger charge is 2.70. The number of hydrogen-bond acceptors (Lipinski definition) is 8. The van der Waals surface area contributed by atoms with Crippen molar-refractivity contribution >= 4 is 29.2 Å². The first-order chi connectivity index (χ1) is 16.9. The van der Waals surface area contributed by atoms with Crippen molar-refractivity contribution in [1.82, 2.24) is 0 Å². The number of oxime groups is 1. The van der Waals surface area contributed by atoms with E-state index in [0.717, 1.165) is 17.7 Å². The summed E-state index contributed by atoms with van der Waals surface area (Å²) < 4.78 is 16.0. The Labute approximate surface area is 201 Å². The summed E-state index contributed by atoms with van der Waals surface area (Å²) in [6.45, 7) is 1.32. The van der Waals surface area contributed by atoms with Crippen LogP contribution in [-0.4, -0.2) is 43.8 Å². The highest BCUT2D eigenvalue weighted by Crippen LogP contribution is 2.62. The van der Waals surface area contributed by atoms with Crippen LogP contribution in [-0.2, 0) is 19.2 Å². The molecule has 35 heavy (non-hydrogen) atoms. The first-order valence-electron chi connectivity index (χ1n) is 11.5. The van der Waals surface area contributed by atoms with Crippen LogP contribution < -0.4 is 19.1 Å². The molecule has 3 fully saturated rings. The van der Waals surface area contributed by atoms with Crippen LogP contribution in [0.4, 0.5) is 5.69 Å². The van der Waals surface area contributed by atoms with Gasteiger partial charge >= 0.3 is 5.97 Å². The summed E-state index contributed by atoms with van der Waals surface area (Å²) in [5.41, 5.74) is 2.03. The fraction of sp³-hybridized carbons (Fsp3) is 0.385. The van der Waals surface area contributed by atoms with Crippen molar-refractivity contribution in [3.05, 3.63) is 48.0 Å². The van der Waals surface area contributed by atoms with Gasteiger partial charge in [-0.25, -0.2) is 0 Å². The minimum atomic E-state index is -0.435. The molecule has 6 atom stereocenters. The largest absolute Gasteiger partial charge is 0.497 e. The monoisotopic (exact) mass is 476 g/mol. The third-order valence-electron chi connectivity index (χ3n) is 7.73. The summed E-state index contributed by atoms with van der Waals surface area (Å²) in [5, 5.41) is 4.40. The van der Waals surface area contributed by atoms with Crippen LogP contribution in [0.15, 0.2) is 47.6 Å². The second kappa shape index (κ2) is 7.83. The number of carbonyl (C=O) groups excluding carboxylic acids is 3. The third-order valence-corrected chi connectivity index (χ3v) is 7.73. The zero-order valence-corrected chi connectivity index (χ0v) is 19.5. The van der Waals surface area contributed by atoms with E-state index in [0.29, 0.717) is 22.9 Å². The summed E-state index contributed by atoms with van der Waals surface area (Å²) in [5.74, 6) is -0.251. The van der Waals surface area contributed by atoms with Gasteiger partial charge in [-0.15, -0.1) is 0 Å². The van der Waals surface area contributed by atoms with Crippen LogP contribution >= 0.6 is 0 Å². The van der Waals surface area contributed by atoms with Crippen molar-refractivity contribution in [2.75, 3.05) is 19.1 Å². The lowest BCUT2D eigenvalue weighted by atomic mass is 9.71. The van der Waals surface area contributed by atoms with E-state index in [4.69, 9.17) is 19.0 Å². The molecule has 2 aliphatic carbocycles. The smallest absolute Gasteiger partial charge is 0.308 e. The summed E-state index contributed by atoms with van der Waals surface area (Å²) in [7, 11) is 3.18. The first-order valence-corrected chi connectivity index (χ1v) is 11.5. The normalized spacial score (nSPS) is 30.0. The van der Waals surface area contributed by atoms with Gasteiger partial charge in [0.05, 0.1) is 37.5 Å². The summed E-state index contributed by atoms with van der Waals surface area (Å²) in [6, 6.07) is 12.0. The van der Waals surface area contributed by atoms with Gasteiger partial charge in [-0.1, -0.05) is 5.16 Å². The van der Waals surface area contributed by atoms with Gasteiger partial charge in [-0.05, 0) is 48.7 Å². The van der Waals surface area contributed by atoms with E-state index >= 15 is 0 Å². The number of esters is 1. The Morgan fingerprint density at radius 3 is 2.29 bits per heavy atom. The summed E-state index contributed by atoms with van der Waals surface area (Å²) in [6.07, 6.45) is 0.505. The molecule has 0 radical (unpaired) electrons. The fourth-order valence-corrected chi connectivity index (χ4v) is 6.44. The van der Waals surface area contributed by atoms with Crippen molar-refractivity contribution in [1.29, 1.82) is 0 Å². The molecule has 2 heterocycles. The topological polar surface area (TPSA) is 104 Å². The Bertz CT molecular complexity index is 1270. The molecule has 2 bridgehead atoms. The van der Waals surface area contributed by atoms with Gasteiger partial charge < -0.3 is 19.0 Å². The zero-order chi connectivity index (χ0) is 24.4. The molecule has 1 saturated heterocycles. The van der Waals surface area contributed by atoms with Crippen LogP contribution in [0.2, 0.25) is 0 Å². The van der Waals surface area contributed by atoms with Crippen LogP contribution in [0.5, 0.6) is 17.2 Å². The van der Waals surface area contributed by atoms with Gasteiger partial charge in [-0.2, -0.15) is 0 Å². The maximum atomic E-state index is 13.6. The molecule has 0 aromatic heterocycles. The molecular formula is C26H24N2O7. The minimum absolute atomic E-state index is 0.0511. The lowest BCUT2D eigenvalue weighted by molar-refractivity contribution is -0.132. The van der Waals surface area contributed by atoms with E-state index in [9.17, 15) is 14.4 Å². The van der Waals surface area contributed by atoms with Crippen LogP contribution in [0.25, 0.3) is 0 Å². The summed E-state index contributed by atoms with van der Waals surface area (Å²) in [4.78, 5) is 45.4. The van der Waals surface area contributed by atoms with Gasteiger partial charge in [0.1, 0.15) is 23.4 Å². The molecular weight excluding hydrogens is 452 g/mol. The Kier molecular flexibility index (Phi) is 4.84. The average Bonchev–Trinajstić information content (AvgIpc) is 3.59. The van der Waals surface area contributed by atoms with Crippen molar-refractivity contribution < 1.29 is 33.4 Å². The minimum Gasteiger partial charge on any atom is -0.497 e. The van der Waals surface area contributed by atoms with Crippen molar-refractivity contribution in [3.63, 3.8) is 0 Å². The number of amides is 2. The molecule has 0 unspecified atom stereocenters. The maximum absolute atomic E-state index is 13.6. The average molecular weight is 476 g/mol. The molecule has 6 rings (SSSR count). The van der Waals surface area contributed by atoms with E-state index in [-0.39, 0.29) is 35.7 Å². The lowest BCUT2D eigenvalue weighted by Crippen LogP contribution is -2.41. The van der Waals surface area contributed by atoms with Gasteiger partial charge in [0.25, 0.3) is 0 Å². The molecule has 2 aromatic rings. The van der Waals surface area contributed by atoms with Crippen molar-refractivity contribution in [2.24, 2.45) is 34.7 Å². The second-order valence-corrected chi connectivity index (χ2v) is 9.35.